The van der Waals surface area contributed by atoms with E-state index >= 15 is 0 Å². The van der Waals surface area contributed by atoms with Crippen molar-refractivity contribution in [1.29, 1.82) is 0 Å². The highest BCUT2D eigenvalue weighted by Crippen LogP contribution is 2.27. The lowest BCUT2D eigenvalue weighted by molar-refractivity contribution is -0.119. The largest absolute Gasteiger partial charge is 0.371 e. The number of rotatable bonds is 4. The normalized spacial score (nSPS) is 16.2. The molecule has 0 bridgehead atoms. The Labute approximate surface area is 128 Å². The Morgan fingerprint density at radius 1 is 1.40 bits per heavy atom. The molecule has 5 heteroatoms. The summed E-state index contributed by atoms with van der Waals surface area (Å²) in [4.78, 5) is 13.3. The van der Waals surface area contributed by atoms with Gasteiger partial charge in [0.15, 0.2) is 0 Å². The third-order valence-corrected chi connectivity index (χ3v) is 4.26. The Morgan fingerprint density at radius 2 is 2.10 bits per heavy atom. The van der Waals surface area contributed by atoms with E-state index in [9.17, 15) is 4.79 Å². The number of nitrogens with one attached hydrogen (secondary N) is 1. The molecule has 110 valence electrons. The molecule has 1 aliphatic rings. The van der Waals surface area contributed by atoms with Gasteiger partial charge >= 0.3 is 0 Å². The molecule has 1 saturated heterocycles. The van der Waals surface area contributed by atoms with E-state index < -0.39 is 0 Å². The summed E-state index contributed by atoms with van der Waals surface area (Å²) in [6.45, 7) is 5.00. The topological polar surface area (TPSA) is 58.4 Å². The predicted octanol–water partition coefficient (Wildman–Crippen LogP) is 2.26. The van der Waals surface area contributed by atoms with Gasteiger partial charge in [0.2, 0.25) is 5.91 Å². The number of nitrogens with zero attached hydrogens (tertiary/aromatic N) is 1. The molecule has 0 aliphatic carbocycles. The van der Waals surface area contributed by atoms with Gasteiger partial charge in [-0.2, -0.15) is 0 Å². The van der Waals surface area contributed by atoms with Crippen LogP contribution in [0.25, 0.3) is 0 Å². The minimum atomic E-state index is 0.0620. The molecule has 4 nitrogen and oxygen atoms in total. The molecule has 1 aromatic carbocycles. The first-order valence-corrected chi connectivity index (χ1v) is 7.86. The first-order valence-electron chi connectivity index (χ1n) is 7.07. The molecule has 0 atom stereocenters. The maximum absolute atomic E-state index is 10.9. The van der Waals surface area contributed by atoms with Crippen LogP contribution in [0.2, 0.25) is 0 Å². The molecule has 20 heavy (non-hydrogen) atoms. The number of carbonyl (C=O) groups excluding carboxylic acids is 1. The second kappa shape index (κ2) is 7.09. The van der Waals surface area contributed by atoms with Crippen LogP contribution in [0.3, 0.4) is 0 Å². The zero-order chi connectivity index (χ0) is 14.5. The van der Waals surface area contributed by atoms with Gasteiger partial charge in [-0.05, 0) is 42.5 Å². The molecule has 1 amide bonds. The Bertz CT molecular complexity index is 470. The third-order valence-electron chi connectivity index (χ3n) is 3.80. The lowest BCUT2D eigenvalue weighted by Crippen LogP contribution is -2.38. The van der Waals surface area contributed by atoms with Crippen molar-refractivity contribution < 1.29 is 4.79 Å². The number of nitrogens with two attached hydrogens (primary N) is 1. The lowest BCUT2D eigenvalue weighted by atomic mass is 9.96. The van der Waals surface area contributed by atoms with Gasteiger partial charge in [-0.15, -0.1) is 0 Å². The van der Waals surface area contributed by atoms with Crippen molar-refractivity contribution in [3.05, 3.63) is 28.2 Å². The van der Waals surface area contributed by atoms with Crippen LogP contribution in [0.5, 0.6) is 0 Å². The number of amides is 1. The summed E-state index contributed by atoms with van der Waals surface area (Å²) in [6.07, 6.45) is 2.23. The van der Waals surface area contributed by atoms with E-state index in [0.29, 0.717) is 12.5 Å². The van der Waals surface area contributed by atoms with Gasteiger partial charge in [0.05, 0.1) is 0 Å². The van der Waals surface area contributed by atoms with Crippen LogP contribution in [0.1, 0.15) is 25.3 Å². The van der Waals surface area contributed by atoms with E-state index in [2.05, 4.69) is 44.3 Å². The summed E-state index contributed by atoms with van der Waals surface area (Å²) in [5, 5.41) is 2.92. The first kappa shape index (κ1) is 15.3. The molecule has 1 aromatic rings. The smallest absolute Gasteiger partial charge is 0.216 e. The van der Waals surface area contributed by atoms with E-state index in [4.69, 9.17) is 5.73 Å². The van der Waals surface area contributed by atoms with Gasteiger partial charge in [-0.25, -0.2) is 0 Å². The summed E-state index contributed by atoms with van der Waals surface area (Å²) in [5.41, 5.74) is 8.11. The van der Waals surface area contributed by atoms with Crippen LogP contribution in [-0.2, 0) is 11.3 Å². The van der Waals surface area contributed by atoms with Crippen molar-refractivity contribution in [2.75, 3.05) is 24.5 Å². The number of benzene rings is 1. The maximum atomic E-state index is 10.9. The zero-order valence-corrected chi connectivity index (χ0v) is 13.4. The second-order valence-electron chi connectivity index (χ2n) is 5.39. The Kier molecular flexibility index (Phi) is 5.43. The summed E-state index contributed by atoms with van der Waals surface area (Å²) in [5.74, 6) is 0.656. The van der Waals surface area contributed by atoms with E-state index in [1.807, 2.05) is 0 Å². The average Bonchev–Trinajstić information content (AvgIpc) is 2.45. The minimum absolute atomic E-state index is 0.0620. The van der Waals surface area contributed by atoms with Crippen molar-refractivity contribution in [3.63, 3.8) is 0 Å². The SMILES string of the molecule is CC(=O)NCC1CCN(c2cc(Br)cc(CN)c2)CC1. The van der Waals surface area contributed by atoms with E-state index in [0.717, 1.165) is 42.5 Å². The van der Waals surface area contributed by atoms with Gasteiger partial charge in [0, 0.05) is 43.3 Å². The summed E-state index contributed by atoms with van der Waals surface area (Å²) >= 11 is 3.54. The van der Waals surface area contributed by atoms with E-state index in [-0.39, 0.29) is 5.91 Å². The van der Waals surface area contributed by atoms with Crippen molar-refractivity contribution in [1.82, 2.24) is 5.32 Å². The standard InChI is InChI=1S/C15H22BrN3O/c1-11(20)18-10-12-2-4-19(5-3-12)15-7-13(9-17)6-14(16)8-15/h6-8,12H,2-5,9-10,17H2,1H3,(H,18,20). The molecule has 1 heterocycles. The van der Waals surface area contributed by atoms with E-state index in [1.165, 1.54) is 5.69 Å². The molecular formula is C15H22BrN3O. The van der Waals surface area contributed by atoms with Crippen LogP contribution < -0.4 is 16.0 Å². The maximum Gasteiger partial charge on any atom is 0.216 e. The highest BCUT2D eigenvalue weighted by molar-refractivity contribution is 9.10. The number of hydrogen-bond acceptors (Lipinski definition) is 3. The fraction of sp³-hybridized carbons (Fsp3) is 0.533. The van der Waals surface area contributed by atoms with Crippen LogP contribution in [0.4, 0.5) is 5.69 Å². The summed E-state index contributed by atoms with van der Waals surface area (Å²) in [7, 11) is 0. The Hall–Kier alpha value is -1.07. The highest BCUT2D eigenvalue weighted by Gasteiger charge is 2.20. The van der Waals surface area contributed by atoms with Crippen LogP contribution in [0.15, 0.2) is 22.7 Å². The molecule has 0 radical (unpaired) electrons. The van der Waals surface area contributed by atoms with Gasteiger partial charge < -0.3 is 16.0 Å². The molecule has 3 N–H and O–H groups in total. The monoisotopic (exact) mass is 339 g/mol. The van der Waals surface area contributed by atoms with Crippen molar-refractivity contribution >= 4 is 27.5 Å². The average molecular weight is 340 g/mol. The van der Waals surface area contributed by atoms with Crippen LogP contribution >= 0.6 is 15.9 Å². The van der Waals surface area contributed by atoms with Gasteiger partial charge in [-0.3, -0.25) is 4.79 Å². The fourth-order valence-electron chi connectivity index (χ4n) is 2.62. The number of hydrogen-bond donors (Lipinski definition) is 2. The van der Waals surface area contributed by atoms with Crippen molar-refractivity contribution in [2.24, 2.45) is 11.7 Å². The quantitative estimate of drug-likeness (QED) is 0.884. The molecule has 1 fully saturated rings. The molecular weight excluding hydrogens is 318 g/mol. The van der Waals surface area contributed by atoms with Gasteiger partial charge in [-0.1, -0.05) is 15.9 Å². The Balaban J connectivity index is 1.93. The molecule has 0 aromatic heterocycles. The Morgan fingerprint density at radius 3 is 2.70 bits per heavy atom. The molecule has 0 unspecified atom stereocenters. The van der Waals surface area contributed by atoms with Crippen LogP contribution in [-0.4, -0.2) is 25.5 Å². The lowest BCUT2D eigenvalue weighted by Gasteiger charge is -2.34. The van der Waals surface area contributed by atoms with E-state index in [1.54, 1.807) is 6.92 Å². The highest BCUT2D eigenvalue weighted by atomic mass is 79.9. The molecule has 0 spiro atoms. The van der Waals surface area contributed by atoms with Crippen molar-refractivity contribution in [2.45, 2.75) is 26.3 Å². The van der Waals surface area contributed by atoms with Gasteiger partial charge in [0.1, 0.15) is 0 Å². The summed E-state index contributed by atoms with van der Waals surface area (Å²) in [6, 6.07) is 6.37. The zero-order valence-electron chi connectivity index (χ0n) is 11.9. The summed E-state index contributed by atoms with van der Waals surface area (Å²) < 4.78 is 1.08. The first-order chi connectivity index (χ1) is 9.58. The minimum Gasteiger partial charge on any atom is -0.371 e. The third kappa shape index (κ3) is 4.21. The number of halogens is 1. The molecule has 2 rings (SSSR count). The molecule has 1 aliphatic heterocycles. The van der Waals surface area contributed by atoms with Crippen LogP contribution in [0, 0.1) is 5.92 Å². The number of piperidine rings is 1. The molecule has 0 saturated carbocycles. The fourth-order valence-corrected chi connectivity index (χ4v) is 3.15. The number of anilines is 1. The van der Waals surface area contributed by atoms with Gasteiger partial charge in [0.25, 0.3) is 0 Å². The number of carbonyl (C=O) groups is 1. The van der Waals surface area contributed by atoms with Crippen molar-refractivity contribution in [3.8, 4) is 0 Å². The second-order valence-corrected chi connectivity index (χ2v) is 6.30. The predicted molar refractivity (Wildman–Crippen MR) is 85.7 cm³/mol.